The highest BCUT2D eigenvalue weighted by molar-refractivity contribution is 6.30. The van der Waals surface area contributed by atoms with Crippen LogP contribution in [-0.2, 0) is 0 Å². The molecule has 4 heteroatoms. The minimum Gasteiger partial charge on any atom is -0.382 e. The summed E-state index contributed by atoms with van der Waals surface area (Å²) in [5.41, 5.74) is 6.81. The molecule has 0 unspecified atom stereocenters. The molecule has 0 amide bonds. The van der Waals surface area contributed by atoms with E-state index in [0.717, 1.165) is 5.69 Å². The Kier molecular flexibility index (Phi) is 3.57. The standard InChI is InChI=1S/C11H14ClN3/c1-11(2,14)7-15-10-5-9(12)4-3-8(10)6-13/h3-5,15H,7,14H2,1-2H3. The van der Waals surface area contributed by atoms with Gasteiger partial charge < -0.3 is 11.1 Å². The maximum Gasteiger partial charge on any atom is 0.101 e. The smallest absolute Gasteiger partial charge is 0.101 e. The van der Waals surface area contributed by atoms with E-state index in [-0.39, 0.29) is 5.54 Å². The molecule has 0 radical (unpaired) electrons. The summed E-state index contributed by atoms with van der Waals surface area (Å²) in [5.74, 6) is 0. The first kappa shape index (κ1) is 11.8. The molecule has 0 aliphatic rings. The molecule has 80 valence electrons. The van der Waals surface area contributed by atoms with Crippen LogP contribution in [0, 0.1) is 11.3 Å². The van der Waals surface area contributed by atoms with Crippen molar-refractivity contribution in [2.24, 2.45) is 5.73 Å². The van der Waals surface area contributed by atoms with E-state index in [9.17, 15) is 0 Å². The molecule has 15 heavy (non-hydrogen) atoms. The van der Waals surface area contributed by atoms with E-state index in [1.807, 2.05) is 13.8 Å². The third kappa shape index (κ3) is 3.78. The van der Waals surface area contributed by atoms with Crippen LogP contribution in [0.25, 0.3) is 0 Å². The number of hydrogen-bond acceptors (Lipinski definition) is 3. The second kappa shape index (κ2) is 4.52. The first-order valence-electron chi connectivity index (χ1n) is 4.65. The number of nitrogens with one attached hydrogen (secondary N) is 1. The Morgan fingerprint density at radius 3 is 2.73 bits per heavy atom. The third-order valence-corrected chi connectivity index (χ3v) is 2.07. The van der Waals surface area contributed by atoms with Crippen LogP contribution in [0.4, 0.5) is 5.69 Å². The molecule has 1 rings (SSSR count). The van der Waals surface area contributed by atoms with Gasteiger partial charge >= 0.3 is 0 Å². The molecular weight excluding hydrogens is 210 g/mol. The van der Waals surface area contributed by atoms with Gasteiger partial charge in [0.05, 0.1) is 11.3 Å². The molecule has 0 aliphatic heterocycles. The molecule has 0 bridgehead atoms. The second-order valence-electron chi connectivity index (χ2n) is 4.14. The van der Waals surface area contributed by atoms with Gasteiger partial charge in [0.1, 0.15) is 6.07 Å². The molecule has 1 aromatic carbocycles. The number of halogens is 1. The molecule has 0 saturated heterocycles. The van der Waals surface area contributed by atoms with Crippen molar-refractivity contribution in [2.75, 3.05) is 11.9 Å². The lowest BCUT2D eigenvalue weighted by atomic mass is 10.1. The van der Waals surface area contributed by atoms with Gasteiger partial charge in [-0.2, -0.15) is 5.26 Å². The van der Waals surface area contributed by atoms with Crippen molar-refractivity contribution in [2.45, 2.75) is 19.4 Å². The van der Waals surface area contributed by atoms with Gasteiger partial charge in [-0.25, -0.2) is 0 Å². The van der Waals surface area contributed by atoms with Crippen LogP contribution in [0.1, 0.15) is 19.4 Å². The number of nitriles is 1. The summed E-state index contributed by atoms with van der Waals surface area (Å²) in [7, 11) is 0. The van der Waals surface area contributed by atoms with Crippen LogP contribution < -0.4 is 11.1 Å². The van der Waals surface area contributed by atoms with Crippen molar-refractivity contribution in [3.63, 3.8) is 0 Å². The van der Waals surface area contributed by atoms with E-state index in [2.05, 4.69) is 11.4 Å². The average Bonchev–Trinajstić information content (AvgIpc) is 2.14. The fourth-order valence-electron chi connectivity index (χ4n) is 1.08. The molecule has 3 nitrogen and oxygen atoms in total. The summed E-state index contributed by atoms with van der Waals surface area (Å²) < 4.78 is 0. The molecule has 1 aromatic rings. The Bertz CT molecular complexity index is 388. The van der Waals surface area contributed by atoms with E-state index in [1.165, 1.54) is 0 Å². The predicted molar refractivity (Wildman–Crippen MR) is 62.9 cm³/mol. The molecule has 3 N–H and O–H groups in total. The lowest BCUT2D eigenvalue weighted by Crippen LogP contribution is -2.39. The first-order valence-corrected chi connectivity index (χ1v) is 5.02. The minimum absolute atomic E-state index is 0.324. The van der Waals surface area contributed by atoms with Gasteiger partial charge in [0.2, 0.25) is 0 Å². The summed E-state index contributed by atoms with van der Waals surface area (Å²) in [6.45, 7) is 4.41. The minimum atomic E-state index is -0.324. The van der Waals surface area contributed by atoms with E-state index >= 15 is 0 Å². The Hall–Kier alpha value is -1.24. The molecule has 0 heterocycles. The second-order valence-corrected chi connectivity index (χ2v) is 4.58. The van der Waals surface area contributed by atoms with E-state index in [1.54, 1.807) is 18.2 Å². The monoisotopic (exact) mass is 223 g/mol. The van der Waals surface area contributed by atoms with Gasteiger partial charge in [0.25, 0.3) is 0 Å². The first-order chi connectivity index (χ1) is 6.92. The maximum absolute atomic E-state index is 8.87. The van der Waals surface area contributed by atoms with Crippen molar-refractivity contribution >= 4 is 17.3 Å². The predicted octanol–water partition coefficient (Wildman–Crippen LogP) is 2.36. The fourth-order valence-corrected chi connectivity index (χ4v) is 1.26. The number of hydrogen-bond donors (Lipinski definition) is 2. The Labute approximate surface area is 94.8 Å². The molecule has 0 spiro atoms. The molecule has 0 aliphatic carbocycles. The highest BCUT2D eigenvalue weighted by Crippen LogP contribution is 2.20. The van der Waals surface area contributed by atoms with Gasteiger partial charge in [-0.1, -0.05) is 11.6 Å². The van der Waals surface area contributed by atoms with Crippen LogP contribution in [-0.4, -0.2) is 12.1 Å². The SMILES string of the molecule is CC(C)(N)CNc1cc(Cl)ccc1C#N. The fraction of sp³-hybridized carbons (Fsp3) is 0.364. The van der Waals surface area contributed by atoms with Crippen molar-refractivity contribution in [1.29, 1.82) is 5.26 Å². The largest absolute Gasteiger partial charge is 0.382 e. The van der Waals surface area contributed by atoms with Gasteiger partial charge in [-0.15, -0.1) is 0 Å². The Balaban J connectivity index is 2.85. The van der Waals surface area contributed by atoms with E-state index in [0.29, 0.717) is 17.1 Å². The zero-order valence-electron chi connectivity index (χ0n) is 8.84. The quantitative estimate of drug-likeness (QED) is 0.827. The number of benzene rings is 1. The Morgan fingerprint density at radius 1 is 1.53 bits per heavy atom. The number of anilines is 1. The summed E-state index contributed by atoms with van der Waals surface area (Å²) >= 11 is 5.84. The van der Waals surface area contributed by atoms with Crippen LogP contribution in [0.2, 0.25) is 5.02 Å². The lowest BCUT2D eigenvalue weighted by Gasteiger charge is -2.20. The van der Waals surface area contributed by atoms with Gasteiger partial charge in [0.15, 0.2) is 0 Å². The molecule has 0 saturated carbocycles. The lowest BCUT2D eigenvalue weighted by molar-refractivity contribution is 0.549. The summed E-state index contributed by atoms with van der Waals surface area (Å²) in [5, 5.41) is 12.6. The average molecular weight is 224 g/mol. The number of nitrogens with zero attached hydrogens (tertiary/aromatic N) is 1. The molecule has 0 atom stereocenters. The van der Waals surface area contributed by atoms with Crippen molar-refractivity contribution < 1.29 is 0 Å². The van der Waals surface area contributed by atoms with Crippen LogP contribution in [0.15, 0.2) is 18.2 Å². The molecule has 0 fully saturated rings. The summed E-state index contributed by atoms with van der Waals surface area (Å²) in [6.07, 6.45) is 0. The molecular formula is C11H14ClN3. The van der Waals surface area contributed by atoms with Crippen molar-refractivity contribution in [1.82, 2.24) is 0 Å². The highest BCUT2D eigenvalue weighted by Gasteiger charge is 2.11. The summed E-state index contributed by atoms with van der Waals surface area (Å²) in [6, 6.07) is 7.21. The zero-order valence-corrected chi connectivity index (χ0v) is 9.60. The normalized spacial score (nSPS) is 10.9. The summed E-state index contributed by atoms with van der Waals surface area (Å²) in [4.78, 5) is 0. The van der Waals surface area contributed by atoms with Crippen molar-refractivity contribution in [3.8, 4) is 6.07 Å². The zero-order chi connectivity index (χ0) is 11.5. The topological polar surface area (TPSA) is 61.8 Å². The van der Waals surface area contributed by atoms with E-state index < -0.39 is 0 Å². The van der Waals surface area contributed by atoms with Gasteiger partial charge in [0, 0.05) is 17.1 Å². The van der Waals surface area contributed by atoms with Crippen LogP contribution in [0.5, 0.6) is 0 Å². The van der Waals surface area contributed by atoms with E-state index in [4.69, 9.17) is 22.6 Å². The van der Waals surface area contributed by atoms with Gasteiger partial charge in [-0.05, 0) is 32.0 Å². The van der Waals surface area contributed by atoms with Gasteiger partial charge in [-0.3, -0.25) is 0 Å². The Morgan fingerprint density at radius 2 is 2.20 bits per heavy atom. The third-order valence-electron chi connectivity index (χ3n) is 1.84. The van der Waals surface area contributed by atoms with Crippen molar-refractivity contribution in [3.05, 3.63) is 28.8 Å². The number of rotatable bonds is 3. The molecule has 0 aromatic heterocycles. The van der Waals surface area contributed by atoms with Crippen LogP contribution >= 0.6 is 11.6 Å². The maximum atomic E-state index is 8.87. The number of nitrogens with two attached hydrogens (primary N) is 1. The highest BCUT2D eigenvalue weighted by atomic mass is 35.5. The van der Waals surface area contributed by atoms with Crippen LogP contribution in [0.3, 0.4) is 0 Å².